The number of hydrogen-bond donors (Lipinski definition) is 0. The van der Waals surface area contributed by atoms with E-state index in [4.69, 9.17) is 0 Å². The van der Waals surface area contributed by atoms with E-state index < -0.39 is 0 Å². The lowest BCUT2D eigenvalue weighted by molar-refractivity contribution is -0.232. The van der Waals surface area contributed by atoms with Gasteiger partial charge in [-0.3, -0.25) is 4.79 Å². The van der Waals surface area contributed by atoms with Gasteiger partial charge >= 0.3 is 0 Å². The van der Waals surface area contributed by atoms with E-state index in [2.05, 4.69) is 55.0 Å². The molecule has 0 heterocycles. The van der Waals surface area contributed by atoms with E-state index in [0.717, 1.165) is 36.5 Å². The van der Waals surface area contributed by atoms with Crippen molar-refractivity contribution in [2.45, 2.75) is 113 Å². The first-order valence-electron chi connectivity index (χ1n) is 13.5. The molecule has 1 nitrogen and oxygen atoms in total. The number of carbonyl (C=O) groups excluding carboxylic acids is 1. The Kier molecular flexibility index (Phi) is 4.66. The van der Waals surface area contributed by atoms with E-state index in [9.17, 15) is 4.79 Å². The molecule has 0 aromatic heterocycles. The van der Waals surface area contributed by atoms with Crippen molar-refractivity contribution in [2.75, 3.05) is 0 Å². The summed E-state index contributed by atoms with van der Waals surface area (Å²) in [5, 5.41) is 0. The number of Topliss-reactive ketones (excluding diaryl/α,β-unsaturated/α-hetero) is 1. The molecule has 5 fully saturated rings. The van der Waals surface area contributed by atoms with Crippen molar-refractivity contribution >= 4 is 5.78 Å². The molecule has 0 spiro atoms. The van der Waals surface area contributed by atoms with Crippen LogP contribution in [0.3, 0.4) is 0 Å². The van der Waals surface area contributed by atoms with Crippen molar-refractivity contribution in [1.29, 1.82) is 0 Å². The largest absolute Gasteiger partial charge is 0.299 e. The molecule has 0 aromatic carbocycles. The Morgan fingerprint density at radius 2 is 1.52 bits per heavy atom. The van der Waals surface area contributed by atoms with Gasteiger partial charge in [-0.2, -0.15) is 0 Å². The van der Waals surface area contributed by atoms with Crippen LogP contribution in [0.1, 0.15) is 113 Å². The third kappa shape index (κ3) is 2.59. The van der Waals surface area contributed by atoms with Gasteiger partial charge in [0.2, 0.25) is 0 Å². The molecule has 0 amide bonds. The molecular weight excluding hydrogens is 376 g/mol. The fourth-order valence-electron chi connectivity index (χ4n) is 11.3. The molecule has 5 aliphatic carbocycles. The summed E-state index contributed by atoms with van der Waals surface area (Å²) in [6.45, 7) is 22.0. The predicted molar refractivity (Wildman–Crippen MR) is 130 cm³/mol. The molecule has 0 saturated heterocycles. The van der Waals surface area contributed by atoms with Gasteiger partial charge in [0.15, 0.2) is 0 Å². The maximum atomic E-state index is 12.9. The van der Waals surface area contributed by atoms with Gasteiger partial charge < -0.3 is 0 Å². The summed E-state index contributed by atoms with van der Waals surface area (Å²) in [6, 6.07) is 0. The van der Waals surface area contributed by atoms with Crippen LogP contribution < -0.4 is 0 Å². The van der Waals surface area contributed by atoms with Crippen LogP contribution in [-0.4, -0.2) is 5.78 Å². The number of allylic oxidation sites excluding steroid dienone is 1. The Labute approximate surface area is 192 Å². The zero-order valence-corrected chi connectivity index (χ0v) is 21.6. The highest BCUT2D eigenvalue weighted by Gasteiger charge is 2.70. The Bertz CT molecular complexity index is 807. The predicted octanol–water partition coefficient (Wildman–Crippen LogP) is 8.23. The van der Waals surface area contributed by atoms with Gasteiger partial charge in [0.1, 0.15) is 5.78 Å². The summed E-state index contributed by atoms with van der Waals surface area (Å²) in [4.78, 5) is 12.9. The summed E-state index contributed by atoms with van der Waals surface area (Å²) in [5.41, 5.74) is 3.06. The molecule has 1 heteroatoms. The van der Waals surface area contributed by atoms with Crippen molar-refractivity contribution in [3.8, 4) is 0 Å². The van der Waals surface area contributed by atoms with Gasteiger partial charge in [-0.1, -0.05) is 53.7 Å². The van der Waals surface area contributed by atoms with Crippen molar-refractivity contribution in [1.82, 2.24) is 0 Å². The fourth-order valence-corrected chi connectivity index (χ4v) is 11.3. The average Bonchev–Trinajstić information content (AvgIpc) is 3.04. The molecule has 5 aliphatic rings. The third-order valence-electron chi connectivity index (χ3n) is 13.2. The standard InChI is InChI=1S/C30H48O/c1-19(2)20-11-14-27(5)17-18-29(7)21(25(20)27)9-10-23-28(6)15-13-24(31)26(3,4)22(28)12-16-30(23,29)8/h20-23,25H,1,9-18H2,2-8H3/t20-,21+,22+,23-,25+,27+,28-,29+,30+/m1/s1. The summed E-state index contributed by atoms with van der Waals surface area (Å²) in [5.74, 6) is 4.33. The number of carbonyl (C=O) groups is 1. The van der Waals surface area contributed by atoms with E-state index in [1.165, 1.54) is 56.9 Å². The second kappa shape index (κ2) is 6.50. The lowest BCUT2D eigenvalue weighted by Crippen LogP contribution is -2.66. The number of hydrogen-bond acceptors (Lipinski definition) is 1. The van der Waals surface area contributed by atoms with Gasteiger partial charge in [0.05, 0.1) is 0 Å². The van der Waals surface area contributed by atoms with E-state index in [-0.39, 0.29) is 5.41 Å². The fraction of sp³-hybridized carbons (Fsp3) is 0.900. The van der Waals surface area contributed by atoms with E-state index in [1.807, 2.05) is 0 Å². The van der Waals surface area contributed by atoms with Crippen molar-refractivity contribution < 1.29 is 4.79 Å². The molecule has 5 saturated carbocycles. The van der Waals surface area contributed by atoms with Crippen molar-refractivity contribution in [2.24, 2.45) is 56.7 Å². The second-order valence-electron chi connectivity index (χ2n) is 14.5. The third-order valence-corrected chi connectivity index (χ3v) is 13.2. The smallest absolute Gasteiger partial charge is 0.138 e. The zero-order chi connectivity index (χ0) is 22.6. The highest BCUT2D eigenvalue weighted by Crippen LogP contribution is 2.77. The minimum atomic E-state index is -0.131. The Balaban J connectivity index is 1.55. The van der Waals surface area contributed by atoms with Gasteiger partial charge in [0.25, 0.3) is 0 Å². The van der Waals surface area contributed by atoms with E-state index in [1.54, 1.807) is 0 Å². The normalized spacial score (nSPS) is 55.6. The van der Waals surface area contributed by atoms with E-state index in [0.29, 0.717) is 33.4 Å². The number of ketones is 1. The molecule has 0 N–H and O–H groups in total. The van der Waals surface area contributed by atoms with Crippen LogP contribution in [0.5, 0.6) is 0 Å². The second-order valence-corrected chi connectivity index (χ2v) is 14.5. The molecule has 9 atom stereocenters. The quantitative estimate of drug-likeness (QED) is 0.387. The van der Waals surface area contributed by atoms with Crippen molar-refractivity contribution in [3.05, 3.63) is 12.2 Å². The van der Waals surface area contributed by atoms with Gasteiger partial charge in [-0.05, 0) is 116 Å². The molecule has 5 rings (SSSR count). The molecule has 0 aliphatic heterocycles. The van der Waals surface area contributed by atoms with E-state index >= 15 is 0 Å². The molecular formula is C30H48O. The Hall–Kier alpha value is -0.590. The molecule has 0 bridgehead atoms. The minimum absolute atomic E-state index is 0.131. The first-order valence-corrected chi connectivity index (χ1v) is 13.5. The molecule has 0 aromatic rings. The molecule has 174 valence electrons. The lowest BCUT2D eigenvalue weighted by Gasteiger charge is -2.72. The van der Waals surface area contributed by atoms with Crippen molar-refractivity contribution in [3.63, 3.8) is 0 Å². The van der Waals surface area contributed by atoms with Crippen LogP contribution in [0, 0.1) is 56.7 Å². The molecule has 0 radical (unpaired) electrons. The van der Waals surface area contributed by atoms with Crippen LogP contribution >= 0.6 is 0 Å². The van der Waals surface area contributed by atoms with Crippen LogP contribution in [0.2, 0.25) is 0 Å². The SMILES string of the molecule is C=C(C)[C@H]1CC[C@@]2(C)CC[C@@]3(C)[C@@H](CC[C@@H]4[C@]5(C)CCC(=O)C(C)(C)[C@@H]5CC[C@@]43C)[C@H]12. The summed E-state index contributed by atoms with van der Waals surface area (Å²) in [6.07, 6.45) is 13.0. The van der Waals surface area contributed by atoms with Crippen LogP contribution in [0.25, 0.3) is 0 Å². The van der Waals surface area contributed by atoms with Gasteiger partial charge in [-0.15, -0.1) is 0 Å². The summed E-state index contributed by atoms with van der Waals surface area (Å²) in [7, 11) is 0. The minimum Gasteiger partial charge on any atom is -0.299 e. The lowest BCUT2D eigenvalue weighted by atomic mass is 9.32. The summed E-state index contributed by atoms with van der Waals surface area (Å²) >= 11 is 0. The molecule has 31 heavy (non-hydrogen) atoms. The first kappa shape index (κ1) is 22.2. The zero-order valence-electron chi connectivity index (χ0n) is 21.6. The van der Waals surface area contributed by atoms with Crippen LogP contribution in [0.15, 0.2) is 12.2 Å². The monoisotopic (exact) mass is 424 g/mol. The topological polar surface area (TPSA) is 17.1 Å². The van der Waals surface area contributed by atoms with Gasteiger partial charge in [-0.25, -0.2) is 0 Å². The van der Waals surface area contributed by atoms with Gasteiger partial charge in [0, 0.05) is 11.8 Å². The number of rotatable bonds is 1. The highest BCUT2D eigenvalue weighted by molar-refractivity contribution is 5.85. The average molecular weight is 425 g/mol. The Morgan fingerprint density at radius 1 is 0.806 bits per heavy atom. The maximum Gasteiger partial charge on any atom is 0.138 e. The Morgan fingerprint density at radius 3 is 2.19 bits per heavy atom. The first-order chi connectivity index (χ1) is 14.3. The summed E-state index contributed by atoms with van der Waals surface area (Å²) < 4.78 is 0. The highest BCUT2D eigenvalue weighted by atomic mass is 16.1. The number of fused-ring (bicyclic) bond motifs is 7. The van der Waals surface area contributed by atoms with Crippen LogP contribution in [-0.2, 0) is 4.79 Å². The maximum absolute atomic E-state index is 12.9. The van der Waals surface area contributed by atoms with Crippen LogP contribution in [0.4, 0.5) is 0 Å². The molecule has 0 unspecified atom stereocenters.